The van der Waals surface area contributed by atoms with E-state index in [0.717, 1.165) is 28.6 Å². The predicted octanol–water partition coefficient (Wildman–Crippen LogP) is 2.22. The summed E-state index contributed by atoms with van der Waals surface area (Å²) in [5.41, 5.74) is 7.14. The zero-order chi connectivity index (χ0) is 11.8. The van der Waals surface area contributed by atoms with Crippen LogP contribution >= 0.6 is 22.6 Å². The molecule has 88 valence electrons. The molecular weight excluding hydrogens is 315 g/mol. The molecule has 1 aromatic carbocycles. The largest absolute Gasteiger partial charge is 0.399 e. The molecule has 4 heteroatoms. The molecule has 1 aliphatic heterocycles. The van der Waals surface area contributed by atoms with Gasteiger partial charge in [-0.15, -0.1) is 0 Å². The highest BCUT2D eigenvalue weighted by Crippen LogP contribution is 2.30. The first kappa shape index (κ1) is 12.0. The van der Waals surface area contributed by atoms with Crippen molar-refractivity contribution in [1.82, 2.24) is 0 Å². The maximum atomic E-state index is 10.1. The topological polar surface area (TPSA) is 49.5 Å². The Morgan fingerprint density at radius 1 is 1.50 bits per heavy atom. The van der Waals surface area contributed by atoms with Crippen LogP contribution in [0.25, 0.3) is 0 Å². The van der Waals surface area contributed by atoms with Crippen LogP contribution in [0, 0.1) is 3.57 Å². The van der Waals surface area contributed by atoms with Crippen LogP contribution in [0.15, 0.2) is 18.2 Å². The molecule has 1 atom stereocenters. The summed E-state index contributed by atoms with van der Waals surface area (Å²) in [6, 6.07) is 5.93. The van der Waals surface area contributed by atoms with Gasteiger partial charge in [-0.25, -0.2) is 0 Å². The number of piperidine rings is 1. The van der Waals surface area contributed by atoms with Gasteiger partial charge in [0.25, 0.3) is 0 Å². The first-order chi connectivity index (χ1) is 7.48. The smallest absolute Gasteiger partial charge is 0.0794 e. The highest BCUT2D eigenvalue weighted by atomic mass is 127. The number of nitrogen functional groups attached to an aromatic ring is 1. The summed E-state index contributed by atoms with van der Waals surface area (Å²) in [4.78, 5) is 2.24. The van der Waals surface area contributed by atoms with Gasteiger partial charge in [0.2, 0.25) is 0 Å². The summed E-state index contributed by atoms with van der Waals surface area (Å²) in [5, 5.41) is 10.1. The lowest BCUT2D eigenvalue weighted by atomic mass is 9.95. The molecule has 0 amide bonds. The van der Waals surface area contributed by atoms with E-state index in [2.05, 4.69) is 27.5 Å². The standard InChI is InChI=1S/C12H17IN2O/c1-12(16)5-2-6-15(8-12)11-4-3-9(14)7-10(11)13/h3-4,7,16H,2,5-6,8,14H2,1H3. The first-order valence-electron chi connectivity index (χ1n) is 5.50. The summed E-state index contributed by atoms with van der Waals surface area (Å²) in [6.07, 6.45) is 1.92. The first-order valence-corrected chi connectivity index (χ1v) is 6.58. The van der Waals surface area contributed by atoms with E-state index < -0.39 is 5.60 Å². The van der Waals surface area contributed by atoms with Crippen LogP contribution in [0.3, 0.4) is 0 Å². The molecule has 0 aromatic heterocycles. The summed E-state index contributed by atoms with van der Waals surface area (Å²) < 4.78 is 1.15. The van der Waals surface area contributed by atoms with Gasteiger partial charge in [0.1, 0.15) is 0 Å². The van der Waals surface area contributed by atoms with Gasteiger partial charge in [0.05, 0.1) is 11.3 Å². The molecule has 1 saturated heterocycles. The second-order valence-electron chi connectivity index (χ2n) is 4.73. The molecule has 0 aliphatic carbocycles. The molecule has 0 saturated carbocycles. The molecule has 1 aromatic rings. The van der Waals surface area contributed by atoms with Gasteiger partial charge in [-0.3, -0.25) is 0 Å². The molecule has 3 N–H and O–H groups in total. The van der Waals surface area contributed by atoms with Crippen molar-refractivity contribution in [3.8, 4) is 0 Å². The molecule has 1 aliphatic rings. The van der Waals surface area contributed by atoms with E-state index in [-0.39, 0.29) is 0 Å². The fraction of sp³-hybridized carbons (Fsp3) is 0.500. The fourth-order valence-corrected chi connectivity index (χ4v) is 3.09. The molecule has 1 heterocycles. The van der Waals surface area contributed by atoms with Crippen LogP contribution in [0.4, 0.5) is 11.4 Å². The van der Waals surface area contributed by atoms with Gasteiger partial charge in [-0.2, -0.15) is 0 Å². The lowest BCUT2D eigenvalue weighted by molar-refractivity contribution is 0.0449. The third-order valence-electron chi connectivity index (χ3n) is 2.99. The van der Waals surface area contributed by atoms with Gasteiger partial charge in [-0.1, -0.05) is 0 Å². The molecule has 0 radical (unpaired) electrons. The average Bonchev–Trinajstić information content (AvgIpc) is 2.15. The number of nitrogens with two attached hydrogens (primary N) is 1. The Morgan fingerprint density at radius 2 is 2.25 bits per heavy atom. The lowest BCUT2D eigenvalue weighted by Crippen LogP contribution is -2.46. The van der Waals surface area contributed by atoms with Crippen molar-refractivity contribution in [2.75, 3.05) is 23.7 Å². The Labute approximate surface area is 110 Å². The van der Waals surface area contributed by atoms with E-state index in [0.29, 0.717) is 6.54 Å². The maximum absolute atomic E-state index is 10.1. The number of halogens is 1. The highest BCUT2D eigenvalue weighted by molar-refractivity contribution is 14.1. The van der Waals surface area contributed by atoms with Crippen molar-refractivity contribution in [3.05, 3.63) is 21.8 Å². The third-order valence-corrected chi connectivity index (χ3v) is 3.85. The minimum atomic E-state index is -0.567. The summed E-state index contributed by atoms with van der Waals surface area (Å²) in [7, 11) is 0. The van der Waals surface area contributed by atoms with Crippen LogP contribution in [0.5, 0.6) is 0 Å². The van der Waals surface area contributed by atoms with Crippen LogP contribution < -0.4 is 10.6 Å². The van der Waals surface area contributed by atoms with Crippen molar-refractivity contribution in [3.63, 3.8) is 0 Å². The number of hydrogen-bond acceptors (Lipinski definition) is 3. The van der Waals surface area contributed by atoms with E-state index >= 15 is 0 Å². The van der Waals surface area contributed by atoms with Crippen LogP contribution in [-0.4, -0.2) is 23.8 Å². The highest BCUT2D eigenvalue weighted by Gasteiger charge is 2.29. The minimum absolute atomic E-state index is 0.567. The Morgan fingerprint density at radius 3 is 2.88 bits per heavy atom. The molecule has 3 nitrogen and oxygen atoms in total. The second-order valence-corrected chi connectivity index (χ2v) is 5.90. The quantitative estimate of drug-likeness (QED) is 0.612. The number of aliphatic hydroxyl groups is 1. The van der Waals surface area contributed by atoms with E-state index in [1.165, 1.54) is 5.69 Å². The monoisotopic (exact) mass is 332 g/mol. The SMILES string of the molecule is CC1(O)CCCN(c2ccc(N)cc2I)C1. The summed E-state index contributed by atoms with van der Waals surface area (Å²) >= 11 is 2.30. The molecule has 1 fully saturated rings. The van der Waals surface area contributed by atoms with Gasteiger partial charge in [0.15, 0.2) is 0 Å². The van der Waals surface area contributed by atoms with Crippen molar-refractivity contribution in [2.24, 2.45) is 0 Å². The van der Waals surface area contributed by atoms with Crippen molar-refractivity contribution in [1.29, 1.82) is 0 Å². The van der Waals surface area contributed by atoms with Gasteiger partial charge >= 0.3 is 0 Å². The minimum Gasteiger partial charge on any atom is -0.399 e. The van der Waals surface area contributed by atoms with Gasteiger partial charge in [0, 0.05) is 22.3 Å². The van der Waals surface area contributed by atoms with Crippen molar-refractivity contribution >= 4 is 34.0 Å². The zero-order valence-electron chi connectivity index (χ0n) is 9.41. The number of β-amino-alcohol motifs (C(OH)–C–C–N with tert-alkyl or cyclic N) is 1. The fourth-order valence-electron chi connectivity index (χ4n) is 2.21. The molecule has 0 spiro atoms. The van der Waals surface area contributed by atoms with Gasteiger partial charge < -0.3 is 15.7 Å². The van der Waals surface area contributed by atoms with Gasteiger partial charge in [-0.05, 0) is 60.6 Å². The lowest BCUT2D eigenvalue weighted by Gasteiger charge is -2.38. The van der Waals surface area contributed by atoms with E-state index in [4.69, 9.17) is 5.73 Å². The van der Waals surface area contributed by atoms with Crippen LogP contribution in [0.2, 0.25) is 0 Å². The number of rotatable bonds is 1. The molecule has 16 heavy (non-hydrogen) atoms. The maximum Gasteiger partial charge on any atom is 0.0794 e. The molecule has 0 bridgehead atoms. The van der Waals surface area contributed by atoms with Crippen molar-refractivity contribution in [2.45, 2.75) is 25.4 Å². The third kappa shape index (κ3) is 2.60. The normalized spacial score (nSPS) is 25.8. The molecule has 2 rings (SSSR count). The van der Waals surface area contributed by atoms with E-state index in [1.54, 1.807) is 0 Å². The van der Waals surface area contributed by atoms with E-state index in [1.807, 2.05) is 25.1 Å². The number of benzene rings is 1. The Hall–Kier alpha value is -0.490. The van der Waals surface area contributed by atoms with E-state index in [9.17, 15) is 5.11 Å². The summed E-state index contributed by atoms with van der Waals surface area (Å²) in [6.45, 7) is 3.62. The van der Waals surface area contributed by atoms with Crippen LogP contribution in [0.1, 0.15) is 19.8 Å². The zero-order valence-corrected chi connectivity index (χ0v) is 11.6. The second kappa shape index (κ2) is 4.41. The average molecular weight is 332 g/mol. The molecular formula is C12H17IN2O. The number of anilines is 2. The van der Waals surface area contributed by atoms with Crippen molar-refractivity contribution < 1.29 is 5.11 Å². The molecule has 1 unspecified atom stereocenters. The number of hydrogen-bond donors (Lipinski definition) is 2. The Kier molecular flexibility index (Phi) is 3.30. The summed E-state index contributed by atoms with van der Waals surface area (Å²) in [5.74, 6) is 0. The Balaban J connectivity index is 2.23. The number of nitrogens with zero attached hydrogens (tertiary/aromatic N) is 1. The van der Waals surface area contributed by atoms with Crippen LogP contribution in [-0.2, 0) is 0 Å². The Bertz CT molecular complexity index is 393. The predicted molar refractivity (Wildman–Crippen MR) is 75.6 cm³/mol.